The van der Waals surface area contributed by atoms with E-state index in [1.807, 2.05) is 13.8 Å². The van der Waals surface area contributed by atoms with E-state index in [1.165, 1.54) is 4.57 Å². The van der Waals surface area contributed by atoms with Gasteiger partial charge in [0.2, 0.25) is 0 Å². The Labute approximate surface area is 97.0 Å². The van der Waals surface area contributed by atoms with Crippen LogP contribution in [0.5, 0.6) is 0 Å². The molecule has 1 aromatic carbocycles. The highest BCUT2D eigenvalue weighted by Gasteiger charge is 2.12. The second-order valence-corrected chi connectivity index (χ2v) is 4.00. The van der Waals surface area contributed by atoms with Crippen LogP contribution in [0.4, 0.5) is 10.5 Å². The fourth-order valence-corrected chi connectivity index (χ4v) is 1.74. The van der Waals surface area contributed by atoms with Crippen LogP contribution < -0.4 is 16.8 Å². The van der Waals surface area contributed by atoms with E-state index >= 15 is 0 Å². The Morgan fingerprint density at radius 1 is 1.47 bits per heavy atom. The quantitative estimate of drug-likeness (QED) is 0.829. The minimum atomic E-state index is -0.647. The molecule has 6 nitrogen and oxygen atoms in total. The number of carbonyl (C=O) groups is 1. The Hall–Kier alpha value is -2.24. The first-order chi connectivity index (χ1) is 7.99. The molecule has 1 heterocycles. The van der Waals surface area contributed by atoms with Gasteiger partial charge in [-0.1, -0.05) is 0 Å². The van der Waals surface area contributed by atoms with E-state index in [9.17, 15) is 9.59 Å². The number of nitrogens with two attached hydrogens (primary N) is 1. The highest BCUT2D eigenvalue weighted by molar-refractivity contribution is 5.90. The summed E-state index contributed by atoms with van der Waals surface area (Å²) < 4.78 is 6.60. The lowest BCUT2D eigenvalue weighted by molar-refractivity contribution is 0.259. The summed E-state index contributed by atoms with van der Waals surface area (Å²) in [5.41, 5.74) is 6.68. The summed E-state index contributed by atoms with van der Waals surface area (Å²) >= 11 is 0. The van der Waals surface area contributed by atoms with Gasteiger partial charge < -0.3 is 15.5 Å². The smallest absolute Gasteiger partial charge is 0.408 e. The molecular formula is C11H13N3O3. The molecule has 0 fully saturated rings. The lowest BCUT2D eigenvalue weighted by atomic mass is 10.2. The van der Waals surface area contributed by atoms with Crippen LogP contribution in [0, 0.1) is 0 Å². The van der Waals surface area contributed by atoms with Crippen LogP contribution in [0.25, 0.3) is 11.1 Å². The second kappa shape index (κ2) is 3.97. The third kappa shape index (κ3) is 2.01. The minimum Gasteiger partial charge on any atom is -0.408 e. The van der Waals surface area contributed by atoms with Crippen molar-refractivity contribution < 1.29 is 9.21 Å². The summed E-state index contributed by atoms with van der Waals surface area (Å²) in [4.78, 5) is 22.3. The van der Waals surface area contributed by atoms with E-state index in [0.29, 0.717) is 16.8 Å². The first-order valence-electron chi connectivity index (χ1n) is 5.20. The number of oxazole rings is 1. The Morgan fingerprint density at radius 3 is 2.76 bits per heavy atom. The molecule has 0 aliphatic heterocycles. The van der Waals surface area contributed by atoms with Gasteiger partial charge in [-0.2, -0.15) is 0 Å². The van der Waals surface area contributed by atoms with Gasteiger partial charge in [-0.3, -0.25) is 4.57 Å². The number of benzene rings is 1. The lowest BCUT2D eigenvalue weighted by Gasteiger charge is -2.06. The number of hydrogen-bond acceptors (Lipinski definition) is 3. The standard InChI is InChI=1S/C11H13N3O3/c1-6(2)14-8-5-7(13-10(12)15)3-4-9(8)17-11(14)16/h3-6H,1-2H3,(H3,12,13,15). The van der Waals surface area contributed by atoms with E-state index in [4.69, 9.17) is 10.2 Å². The molecule has 0 bridgehead atoms. The van der Waals surface area contributed by atoms with Gasteiger partial charge in [-0.25, -0.2) is 9.59 Å². The van der Waals surface area contributed by atoms with E-state index in [1.54, 1.807) is 18.2 Å². The van der Waals surface area contributed by atoms with Gasteiger partial charge in [0, 0.05) is 11.7 Å². The van der Waals surface area contributed by atoms with E-state index in [2.05, 4.69) is 5.32 Å². The Bertz CT molecular complexity index is 624. The van der Waals surface area contributed by atoms with Crippen molar-refractivity contribution in [3.05, 3.63) is 28.7 Å². The predicted octanol–water partition coefficient (Wildman–Crippen LogP) is 1.67. The summed E-state index contributed by atoms with van der Waals surface area (Å²) in [7, 11) is 0. The number of anilines is 1. The van der Waals surface area contributed by atoms with Gasteiger partial charge in [0.15, 0.2) is 5.58 Å². The molecule has 2 rings (SSSR count). The van der Waals surface area contributed by atoms with Gasteiger partial charge >= 0.3 is 11.8 Å². The molecule has 0 saturated heterocycles. The topological polar surface area (TPSA) is 90.3 Å². The number of rotatable bonds is 2. The van der Waals surface area contributed by atoms with Gasteiger partial charge in [-0.15, -0.1) is 0 Å². The second-order valence-electron chi connectivity index (χ2n) is 4.00. The summed E-state index contributed by atoms with van der Waals surface area (Å²) in [5, 5.41) is 2.45. The number of fused-ring (bicyclic) bond motifs is 1. The molecule has 0 aliphatic rings. The van der Waals surface area contributed by atoms with Crippen molar-refractivity contribution in [2.45, 2.75) is 19.9 Å². The summed E-state index contributed by atoms with van der Waals surface area (Å²) in [6, 6.07) is 4.24. The van der Waals surface area contributed by atoms with Crippen LogP contribution in [-0.4, -0.2) is 10.6 Å². The van der Waals surface area contributed by atoms with Gasteiger partial charge in [0.25, 0.3) is 0 Å². The monoisotopic (exact) mass is 235 g/mol. The van der Waals surface area contributed by atoms with Gasteiger partial charge in [0.05, 0.1) is 5.52 Å². The van der Waals surface area contributed by atoms with Crippen LogP contribution in [0.15, 0.2) is 27.4 Å². The molecule has 2 aromatic rings. The number of urea groups is 1. The molecule has 6 heteroatoms. The summed E-state index contributed by atoms with van der Waals surface area (Å²) in [5.74, 6) is -0.411. The number of nitrogens with one attached hydrogen (secondary N) is 1. The molecule has 0 atom stereocenters. The number of carbonyl (C=O) groups excluding carboxylic acids is 1. The highest BCUT2D eigenvalue weighted by Crippen LogP contribution is 2.20. The highest BCUT2D eigenvalue weighted by atomic mass is 16.4. The van der Waals surface area contributed by atoms with Crippen molar-refractivity contribution in [3.63, 3.8) is 0 Å². The van der Waals surface area contributed by atoms with Crippen molar-refractivity contribution in [2.24, 2.45) is 5.73 Å². The van der Waals surface area contributed by atoms with Crippen molar-refractivity contribution in [3.8, 4) is 0 Å². The van der Waals surface area contributed by atoms with Crippen molar-refractivity contribution in [1.82, 2.24) is 4.57 Å². The van der Waals surface area contributed by atoms with E-state index in [0.717, 1.165) is 0 Å². The average Bonchev–Trinajstić information content (AvgIpc) is 2.52. The third-order valence-electron chi connectivity index (χ3n) is 2.40. The van der Waals surface area contributed by atoms with Crippen LogP contribution in [0.1, 0.15) is 19.9 Å². The van der Waals surface area contributed by atoms with Crippen LogP contribution in [0.3, 0.4) is 0 Å². The number of primary amides is 1. The fraction of sp³-hybridized carbons (Fsp3) is 0.273. The lowest BCUT2D eigenvalue weighted by Crippen LogP contribution is -2.19. The number of nitrogens with zero attached hydrogens (tertiary/aromatic N) is 1. The molecule has 0 radical (unpaired) electrons. The van der Waals surface area contributed by atoms with Gasteiger partial charge in [-0.05, 0) is 32.0 Å². The normalized spacial score (nSPS) is 11.0. The van der Waals surface area contributed by atoms with Crippen LogP contribution >= 0.6 is 0 Å². The zero-order chi connectivity index (χ0) is 12.6. The molecule has 17 heavy (non-hydrogen) atoms. The molecule has 0 unspecified atom stereocenters. The van der Waals surface area contributed by atoms with Crippen LogP contribution in [-0.2, 0) is 0 Å². The molecule has 0 aliphatic carbocycles. The summed E-state index contributed by atoms with van der Waals surface area (Å²) in [6.45, 7) is 3.76. The van der Waals surface area contributed by atoms with Crippen molar-refractivity contribution in [2.75, 3.05) is 5.32 Å². The number of aromatic nitrogens is 1. The maximum atomic E-state index is 11.6. The molecule has 2 amide bonds. The Balaban J connectivity index is 2.62. The fourth-order valence-electron chi connectivity index (χ4n) is 1.74. The largest absolute Gasteiger partial charge is 0.420 e. The Morgan fingerprint density at radius 2 is 2.18 bits per heavy atom. The SMILES string of the molecule is CC(C)n1c(=O)oc2ccc(NC(N)=O)cc21. The predicted molar refractivity (Wildman–Crippen MR) is 64.1 cm³/mol. The van der Waals surface area contributed by atoms with Crippen molar-refractivity contribution in [1.29, 1.82) is 0 Å². The first-order valence-corrected chi connectivity index (χ1v) is 5.20. The molecular weight excluding hydrogens is 222 g/mol. The third-order valence-corrected chi connectivity index (χ3v) is 2.40. The number of amides is 2. The zero-order valence-corrected chi connectivity index (χ0v) is 9.56. The molecule has 0 spiro atoms. The average molecular weight is 235 g/mol. The Kier molecular flexibility index (Phi) is 2.63. The minimum absolute atomic E-state index is 0.0208. The molecule has 1 aromatic heterocycles. The molecule has 0 saturated carbocycles. The zero-order valence-electron chi connectivity index (χ0n) is 9.56. The maximum absolute atomic E-state index is 11.6. The van der Waals surface area contributed by atoms with Crippen LogP contribution in [0.2, 0.25) is 0 Å². The maximum Gasteiger partial charge on any atom is 0.420 e. The van der Waals surface area contributed by atoms with E-state index in [-0.39, 0.29) is 6.04 Å². The number of hydrogen-bond donors (Lipinski definition) is 2. The molecule has 90 valence electrons. The van der Waals surface area contributed by atoms with Gasteiger partial charge in [0.1, 0.15) is 0 Å². The first kappa shape index (κ1) is 11.3. The summed E-state index contributed by atoms with van der Waals surface area (Å²) in [6.07, 6.45) is 0. The molecule has 3 N–H and O–H groups in total. The van der Waals surface area contributed by atoms with Crippen molar-refractivity contribution >= 4 is 22.8 Å². The van der Waals surface area contributed by atoms with E-state index < -0.39 is 11.8 Å².